The van der Waals surface area contributed by atoms with Gasteiger partial charge in [0.15, 0.2) is 0 Å². The summed E-state index contributed by atoms with van der Waals surface area (Å²) in [6, 6.07) is 4.06. The summed E-state index contributed by atoms with van der Waals surface area (Å²) in [5.41, 5.74) is 0.849. The van der Waals surface area contributed by atoms with Gasteiger partial charge in [0.05, 0.1) is 10.6 Å². The van der Waals surface area contributed by atoms with Crippen molar-refractivity contribution in [1.29, 1.82) is 0 Å². The minimum absolute atomic E-state index is 0.135. The van der Waals surface area contributed by atoms with Gasteiger partial charge < -0.3 is 9.80 Å². The number of carbonyl (C=O) groups excluding carboxylic acids is 1. The van der Waals surface area contributed by atoms with Crippen molar-refractivity contribution in [3.8, 4) is 9.88 Å². The number of aryl methyl sites for hydroxylation is 1. The number of thiophene rings is 1. The summed E-state index contributed by atoms with van der Waals surface area (Å²) in [5, 5.41) is 2.99. The lowest BCUT2D eigenvalue weighted by Crippen LogP contribution is -2.47. The summed E-state index contributed by atoms with van der Waals surface area (Å²) in [7, 11) is 2.09. The monoisotopic (exact) mass is 307 g/mol. The van der Waals surface area contributed by atoms with Crippen LogP contribution >= 0.6 is 22.7 Å². The lowest BCUT2D eigenvalue weighted by atomic mass is 10.3. The van der Waals surface area contributed by atoms with E-state index in [1.807, 2.05) is 29.3 Å². The Labute approximate surface area is 126 Å². The largest absolute Gasteiger partial charge is 0.335 e. The molecule has 0 N–H and O–H groups in total. The van der Waals surface area contributed by atoms with Crippen LogP contribution in [0.3, 0.4) is 0 Å². The van der Waals surface area contributed by atoms with Crippen LogP contribution in [0.15, 0.2) is 17.5 Å². The fourth-order valence-electron chi connectivity index (χ4n) is 2.25. The summed E-state index contributed by atoms with van der Waals surface area (Å²) in [4.78, 5) is 23.3. The van der Waals surface area contributed by atoms with E-state index in [2.05, 4.69) is 16.9 Å². The first-order valence-electron chi connectivity index (χ1n) is 6.64. The average molecular weight is 307 g/mol. The SMILES string of the molecule is Cc1nc(-c2cccs2)sc1C(=O)N1CCN(C)CC1. The van der Waals surface area contributed by atoms with Crippen LogP contribution in [0.1, 0.15) is 15.4 Å². The molecule has 1 aliphatic heterocycles. The average Bonchev–Trinajstić information content (AvgIpc) is 3.08. The fraction of sp³-hybridized carbons (Fsp3) is 0.429. The number of thiazole rings is 1. The Kier molecular flexibility index (Phi) is 3.87. The highest BCUT2D eigenvalue weighted by atomic mass is 32.1. The van der Waals surface area contributed by atoms with Gasteiger partial charge in [0.1, 0.15) is 9.88 Å². The molecule has 106 valence electrons. The number of carbonyl (C=O) groups is 1. The number of piperazine rings is 1. The first-order valence-corrected chi connectivity index (χ1v) is 8.34. The van der Waals surface area contributed by atoms with Crippen LogP contribution in [0.25, 0.3) is 9.88 Å². The summed E-state index contributed by atoms with van der Waals surface area (Å²) < 4.78 is 0. The van der Waals surface area contributed by atoms with Gasteiger partial charge in [0, 0.05) is 26.2 Å². The van der Waals surface area contributed by atoms with Crippen LogP contribution in [0.5, 0.6) is 0 Å². The maximum absolute atomic E-state index is 12.6. The number of amides is 1. The number of rotatable bonds is 2. The van der Waals surface area contributed by atoms with Crippen molar-refractivity contribution in [2.75, 3.05) is 33.2 Å². The molecule has 1 saturated heterocycles. The van der Waals surface area contributed by atoms with E-state index in [-0.39, 0.29) is 5.91 Å². The molecule has 0 radical (unpaired) electrons. The third-order valence-electron chi connectivity index (χ3n) is 3.51. The van der Waals surface area contributed by atoms with Gasteiger partial charge in [-0.3, -0.25) is 4.79 Å². The van der Waals surface area contributed by atoms with Crippen molar-refractivity contribution >= 4 is 28.6 Å². The van der Waals surface area contributed by atoms with E-state index in [1.165, 1.54) is 11.3 Å². The molecule has 0 aromatic carbocycles. The highest BCUT2D eigenvalue weighted by Gasteiger charge is 2.24. The molecule has 3 rings (SSSR count). The smallest absolute Gasteiger partial charge is 0.265 e. The maximum atomic E-state index is 12.6. The van der Waals surface area contributed by atoms with Crippen LogP contribution in [-0.4, -0.2) is 53.9 Å². The minimum atomic E-state index is 0.135. The van der Waals surface area contributed by atoms with Crippen LogP contribution in [0.4, 0.5) is 0 Å². The molecule has 3 heterocycles. The van der Waals surface area contributed by atoms with E-state index in [0.717, 1.165) is 46.6 Å². The standard InChI is InChI=1S/C14H17N3OS2/c1-10-12(14(18)17-7-5-16(2)6-8-17)20-13(15-10)11-4-3-9-19-11/h3-4,9H,5-8H2,1-2H3. The molecule has 0 atom stereocenters. The molecule has 0 aliphatic carbocycles. The summed E-state index contributed by atoms with van der Waals surface area (Å²) in [6.45, 7) is 5.43. The van der Waals surface area contributed by atoms with Gasteiger partial charge in [-0.05, 0) is 25.4 Å². The Hall–Kier alpha value is -1.24. The van der Waals surface area contributed by atoms with E-state index in [4.69, 9.17) is 0 Å². The Bertz CT molecular complexity index is 598. The topological polar surface area (TPSA) is 36.4 Å². The molecule has 1 aliphatic rings. The van der Waals surface area contributed by atoms with Crippen molar-refractivity contribution < 1.29 is 4.79 Å². The van der Waals surface area contributed by atoms with Crippen LogP contribution in [0, 0.1) is 6.92 Å². The van der Waals surface area contributed by atoms with Crippen LogP contribution < -0.4 is 0 Å². The summed E-state index contributed by atoms with van der Waals surface area (Å²) in [6.07, 6.45) is 0. The van der Waals surface area contributed by atoms with Crippen molar-refractivity contribution in [3.63, 3.8) is 0 Å². The van der Waals surface area contributed by atoms with Gasteiger partial charge in [-0.2, -0.15) is 0 Å². The van der Waals surface area contributed by atoms with Gasteiger partial charge in [-0.25, -0.2) is 4.98 Å². The highest BCUT2D eigenvalue weighted by molar-refractivity contribution is 7.22. The van der Waals surface area contributed by atoms with E-state index < -0.39 is 0 Å². The molecule has 4 nitrogen and oxygen atoms in total. The summed E-state index contributed by atoms with van der Waals surface area (Å²) >= 11 is 3.18. The number of nitrogens with zero attached hydrogens (tertiary/aromatic N) is 3. The van der Waals surface area contributed by atoms with Crippen molar-refractivity contribution in [2.24, 2.45) is 0 Å². The second-order valence-corrected chi connectivity index (χ2v) is 6.95. The molecule has 20 heavy (non-hydrogen) atoms. The maximum Gasteiger partial charge on any atom is 0.265 e. The van der Waals surface area contributed by atoms with Crippen LogP contribution in [-0.2, 0) is 0 Å². The zero-order chi connectivity index (χ0) is 14.1. The first kappa shape index (κ1) is 13.7. The molecule has 0 unspecified atom stereocenters. The van der Waals surface area contributed by atoms with Gasteiger partial charge in [-0.1, -0.05) is 6.07 Å². The molecule has 0 bridgehead atoms. The molecule has 0 saturated carbocycles. The molecule has 2 aromatic rings. The van der Waals surface area contributed by atoms with Crippen molar-refractivity contribution in [3.05, 3.63) is 28.1 Å². The number of aromatic nitrogens is 1. The lowest BCUT2D eigenvalue weighted by molar-refractivity contribution is 0.0668. The third-order valence-corrected chi connectivity index (χ3v) is 5.70. The number of likely N-dealkylation sites (N-methyl/N-ethyl adjacent to an activating group) is 1. The Balaban J connectivity index is 1.81. The molecular weight excluding hydrogens is 290 g/mol. The van der Waals surface area contributed by atoms with E-state index in [0.29, 0.717) is 0 Å². The zero-order valence-electron chi connectivity index (χ0n) is 11.6. The van der Waals surface area contributed by atoms with Crippen LogP contribution in [0.2, 0.25) is 0 Å². The lowest BCUT2D eigenvalue weighted by Gasteiger charge is -2.32. The van der Waals surface area contributed by atoms with Gasteiger partial charge >= 0.3 is 0 Å². The van der Waals surface area contributed by atoms with Gasteiger partial charge in [0.2, 0.25) is 0 Å². The fourth-order valence-corrected chi connectivity index (χ4v) is 4.08. The van der Waals surface area contributed by atoms with E-state index in [1.54, 1.807) is 11.3 Å². The van der Waals surface area contributed by atoms with Crippen molar-refractivity contribution in [2.45, 2.75) is 6.92 Å². The highest BCUT2D eigenvalue weighted by Crippen LogP contribution is 2.31. The molecule has 6 heteroatoms. The number of hydrogen-bond donors (Lipinski definition) is 0. The second kappa shape index (κ2) is 5.63. The zero-order valence-corrected chi connectivity index (χ0v) is 13.3. The van der Waals surface area contributed by atoms with E-state index in [9.17, 15) is 4.79 Å². The predicted molar refractivity (Wildman–Crippen MR) is 83.6 cm³/mol. The Morgan fingerprint density at radius 2 is 2.05 bits per heavy atom. The molecule has 0 spiro atoms. The summed E-state index contributed by atoms with van der Waals surface area (Å²) in [5.74, 6) is 0.135. The van der Waals surface area contributed by atoms with Crippen molar-refractivity contribution in [1.82, 2.24) is 14.8 Å². The molecule has 1 fully saturated rings. The van der Waals surface area contributed by atoms with E-state index >= 15 is 0 Å². The second-order valence-electron chi connectivity index (χ2n) is 5.01. The molecule has 1 amide bonds. The molecular formula is C14H17N3OS2. The minimum Gasteiger partial charge on any atom is -0.335 e. The first-order chi connectivity index (χ1) is 9.65. The normalized spacial score (nSPS) is 16.6. The Morgan fingerprint density at radius 1 is 1.30 bits per heavy atom. The molecule has 2 aromatic heterocycles. The predicted octanol–water partition coefficient (Wildman–Crippen LogP) is 2.57. The number of hydrogen-bond acceptors (Lipinski definition) is 5. The third kappa shape index (κ3) is 2.63. The quantitative estimate of drug-likeness (QED) is 0.855. The van der Waals surface area contributed by atoms with Gasteiger partial charge in [0.25, 0.3) is 5.91 Å². The van der Waals surface area contributed by atoms with Gasteiger partial charge in [-0.15, -0.1) is 22.7 Å². The Morgan fingerprint density at radius 3 is 2.70 bits per heavy atom.